The van der Waals surface area contributed by atoms with E-state index >= 15 is 0 Å². The van der Waals surface area contributed by atoms with Gasteiger partial charge in [-0.3, -0.25) is 0 Å². The third kappa shape index (κ3) is 2.09. The standard InChI is InChI=1S/C9H10Br2O/c10-6-9(11,7-12)8-4-2-1-3-5-8/h1-5,12H,6-7H2. The first-order valence-electron chi connectivity index (χ1n) is 3.64. The van der Waals surface area contributed by atoms with Crippen LogP contribution >= 0.6 is 31.9 Å². The van der Waals surface area contributed by atoms with E-state index in [1.54, 1.807) is 0 Å². The van der Waals surface area contributed by atoms with Gasteiger partial charge in [0.05, 0.1) is 10.9 Å². The molecule has 0 fully saturated rings. The molecule has 0 saturated heterocycles. The van der Waals surface area contributed by atoms with Crippen LogP contribution in [-0.4, -0.2) is 17.0 Å². The molecule has 0 aliphatic carbocycles. The summed E-state index contributed by atoms with van der Waals surface area (Å²) in [6.45, 7) is 0.0856. The molecule has 1 unspecified atom stereocenters. The van der Waals surface area contributed by atoms with Gasteiger partial charge in [-0.15, -0.1) is 0 Å². The Morgan fingerprint density at radius 1 is 1.25 bits per heavy atom. The molecule has 66 valence electrons. The summed E-state index contributed by atoms with van der Waals surface area (Å²) in [5.41, 5.74) is 1.09. The summed E-state index contributed by atoms with van der Waals surface area (Å²) in [6.07, 6.45) is 0. The number of hydrogen-bond donors (Lipinski definition) is 1. The van der Waals surface area contributed by atoms with Crippen LogP contribution in [0, 0.1) is 0 Å². The van der Waals surface area contributed by atoms with E-state index in [2.05, 4.69) is 31.9 Å². The molecule has 0 aromatic heterocycles. The zero-order valence-corrected chi connectivity index (χ0v) is 9.68. The molecule has 1 N–H and O–H groups in total. The van der Waals surface area contributed by atoms with E-state index in [1.807, 2.05) is 30.3 Å². The minimum Gasteiger partial charge on any atom is -0.395 e. The van der Waals surface area contributed by atoms with Gasteiger partial charge in [-0.25, -0.2) is 0 Å². The molecular weight excluding hydrogens is 284 g/mol. The average molecular weight is 294 g/mol. The lowest BCUT2D eigenvalue weighted by molar-refractivity contribution is 0.264. The van der Waals surface area contributed by atoms with Gasteiger partial charge in [0.25, 0.3) is 0 Å². The van der Waals surface area contributed by atoms with Crippen molar-refractivity contribution in [3.05, 3.63) is 35.9 Å². The number of rotatable bonds is 3. The predicted molar refractivity (Wildman–Crippen MR) is 57.9 cm³/mol. The molecule has 0 heterocycles. The van der Waals surface area contributed by atoms with Crippen molar-refractivity contribution in [1.82, 2.24) is 0 Å². The van der Waals surface area contributed by atoms with Crippen LogP contribution in [0.4, 0.5) is 0 Å². The Morgan fingerprint density at radius 3 is 2.25 bits per heavy atom. The Hall–Kier alpha value is 0.140. The highest BCUT2D eigenvalue weighted by molar-refractivity contribution is 9.12. The van der Waals surface area contributed by atoms with E-state index in [0.29, 0.717) is 5.33 Å². The van der Waals surface area contributed by atoms with Crippen molar-refractivity contribution in [3.63, 3.8) is 0 Å². The molecule has 0 bridgehead atoms. The highest BCUT2D eigenvalue weighted by atomic mass is 79.9. The predicted octanol–water partition coefficient (Wildman–Crippen LogP) is 2.66. The topological polar surface area (TPSA) is 20.2 Å². The lowest BCUT2D eigenvalue weighted by atomic mass is 10.0. The van der Waals surface area contributed by atoms with Crippen molar-refractivity contribution in [3.8, 4) is 0 Å². The minimum atomic E-state index is -0.339. The Balaban J connectivity index is 2.95. The van der Waals surface area contributed by atoms with Gasteiger partial charge in [0, 0.05) is 5.33 Å². The van der Waals surface area contributed by atoms with Crippen LogP contribution in [0.25, 0.3) is 0 Å². The Bertz CT molecular complexity index is 232. The number of halogens is 2. The first-order chi connectivity index (χ1) is 5.73. The summed E-state index contributed by atoms with van der Waals surface area (Å²) in [4.78, 5) is 0. The lowest BCUT2D eigenvalue weighted by Gasteiger charge is -2.22. The van der Waals surface area contributed by atoms with Crippen LogP contribution in [0.3, 0.4) is 0 Å². The first kappa shape index (κ1) is 10.2. The molecule has 0 aliphatic rings. The summed E-state index contributed by atoms with van der Waals surface area (Å²) < 4.78 is -0.339. The fourth-order valence-corrected chi connectivity index (χ4v) is 1.71. The van der Waals surface area contributed by atoms with E-state index in [9.17, 15) is 0 Å². The van der Waals surface area contributed by atoms with Crippen molar-refractivity contribution < 1.29 is 5.11 Å². The Kier molecular flexibility index (Phi) is 3.75. The van der Waals surface area contributed by atoms with Crippen molar-refractivity contribution in [2.45, 2.75) is 4.32 Å². The molecule has 0 amide bonds. The van der Waals surface area contributed by atoms with Gasteiger partial charge in [0.1, 0.15) is 0 Å². The third-order valence-electron chi connectivity index (χ3n) is 1.75. The normalized spacial score (nSPS) is 15.6. The number of alkyl halides is 2. The molecule has 1 aromatic rings. The summed E-state index contributed by atoms with van der Waals surface area (Å²) >= 11 is 6.86. The van der Waals surface area contributed by atoms with Crippen LogP contribution in [0.2, 0.25) is 0 Å². The van der Waals surface area contributed by atoms with E-state index in [1.165, 1.54) is 0 Å². The van der Waals surface area contributed by atoms with Gasteiger partial charge >= 0.3 is 0 Å². The lowest BCUT2D eigenvalue weighted by Crippen LogP contribution is -2.24. The summed E-state index contributed by atoms with van der Waals surface area (Å²) in [7, 11) is 0. The third-order valence-corrected chi connectivity index (χ3v) is 4.45. The maximum atomic E-state index is 9.16. The molecule has 12 heavy (non-hydrogen) atoms. The van der Waals surface area contributed by atoms with Crippen LogP contribution < -0.4 is 0 Å². The Labute approximate surface area is 89.1 Å². The summed E-state index contributed by atoms with van der Waals surface area (Å²) in [5.74, 6) is 0. The molecule has 0 saturated carbocycles. The van der Waals surface area contributed by atoms with Gasteiger partial charge < -0.3 is 5.11 Å². The van der Waals surface area contributed by atoms with Crippen LogP contribution in [0.1, 0.15) is 5.56 Å². The highest BCUT2D eigenvalue weighted by Crippen LogP contribution is 2.32. The van der Waals surface area contributed by atoms with Gasteiger partial charge in [0.15, 0.2) is 0 Å². The maximum Gasteiger partial charge on any atom is 0.0832 e. The van der Waals surface area contributed by atoms with E-state index in [-0.39, 0.29) is 10.9 Å². The maximum absolute atomic E-state index is 9.16. The number of benzene rings is 1. The smallest absolute Gasteiger partial charge is 0.0832 e. The summed E-state index contributed by atoms with van der Waals surface area (Å²) in [6, 6.07) is 9.87. The zero-order valence-electron chi connectivity index (χ0n) is 6.50. The Morgan fingerprint density at radius 2 is 1.83 bits per heavy atom. The van der Waals surface area contributed by atoms with E-state index < -0.39 is 0 Å². The van der Waals surface area contributed by atoms with E-state index in [4.69, 9.17) is 5.11 Å². The highest BCUT2D eigenvalue weighted by Gasteiger charge is 2.26. The van der Waals surface area contributed by atoms with Crippen molar-refractivity contribution in [2.24, 2.45) is 0 Å². The molecule has 3 heteroatoms. The molecule has 1 atom stereocenters. The monoisotopic (exact) mass is 292 g/mol. The number of aliphatic hydroxyl groups excluding tert-OH is 1. The fourth-order valence-electron chi connectivity index (χ4n) is 0.948. The van der Waals surface area contributed by atoms with Crippen LogP contribution in [-0.2, 0) is 4.32 Å². The first-order valence-corrected chi connectivity index (χ1v) is 5.55. The van der Waals surface area contributed by atoms with Gasteiger partial charge in [0.2, 0.25) is 0 Å². The second-order valence-corrected chi connectivity index (χ2v) is 4.70. The quantitative estimate of drug-likeness (QED) is 0.850. The summed E-state index contributed by atoms with van der Waals surface area (Å²) in [5, 5.41) is 9.86. The number of aliphatic hydroxyl groups is 1. The van der Waals surface area contributed by atoms with Crippen LogP contribution in [0.5, 0.6) is 0 Å². The molecule has 1 aromatic carbocycles. The van der Waals surface area contributed by atoms with Gasteiger partial charge in [-0.05, 0) is 5.56 Å². The average Bonchev–Trinajstić information content (AvgIpc) is 2.18. The zero-order chi connectivity index (χ0) is 9.03. The molecule has 0 spiro atoms. The SMILES string of the molecule is OCC(Br)(CBr)c1ccccc1. The van der Waals surface area contributed by atoms with Crippen molar-refractivity contribution in [1.29, 1.82) is 0 Å². The second kappa shape index (κ2) is 4.40. The van der Waals surface area contributed by atoms with Crippen molar-refractivity contribution >= 4 is 31.9 Å². The minimum absolute atomic E-state index is 0.0856. The molecule has 1 nitrogen and oxygen atoms in total. The van der Waals surface area contributed by atoms with Crippen LogP contribution in [0.15, 0.2) is 30.3 Å². The second-order valence-electron chi connectivity index (χ2n) is 2.62. The molecule has 0 aliphatic heterocycles. The molecule has 0 radical (unpaired) electrons. The fraction of sp³-hybridized carbons (Fsp3) is 0.333. The molecule has 1 rings (SSSR count). The van der Waals surface area contributed by atoms with Crippen molar-refractivity contribution in [2.75, 3.05) is 11.9 Å². The van der Waals surface area contributed by atoms with Gasteiger partial charge in [-0.1, -0.05) is 62.2 Å². The number of hydrogen-bond acceptors (Lipinski definition) is 1. The largest absolute Gasteiger partial charge is 0.395 e. The van der Waals surface area contributed by atoms with Gasteiger partial charge in [-0.2, -0.15) is 0 Å². The van der Waals surface area contributed by atoms with E-state index in [0.717, 1.165) is 5.56 Å². The molecular formula is C9H10Br2O.